The van der Waals surface area contributed by atoms with Gasteiger partial charge in [-0.2, -0.15) is 0 Å². The number of amides is 2. The number of rotatable bonds is 1. The zero-order valence-electron chi connectivity index (χ0n) is 10.4. The molecule has 0 aromatic heterocycles. The van der Waals surface area contributed by atoms with Gasteiger partial charge in [0, 0.05) is 11.1 Å². The number of nitrogens with zero attached hydrogens (tertiary/aromatic N) is 1. The summed E-state index contributed by atoms with van der Waals surface area (Å²) in [6.45, 7) is 0. The lowest BCUT2D eigenvalue weighted by atomic mass is 9.93. The second-order valence-corrected chi connectivity index (χ2v) is 5.97. The zero-order valence-corrected chi connectivity index (χ0v) is 12.6. The van der Waals surface area contributed by atoms with Crippen molar-refractivity contribution in [2.24, 2.45) is 0 Å². The highest BCUT2D eigenvalue weighted by atomic mass is 35.5. The fraction of sp³-hybridized carbons (Fsp3) is 0.286. The lowest BCUT2D eigenvalue weighted by molar-refractivity contribution is -0.120. The van der Waals surface area contributed by atoms with Gasteiger partial charge in [0.2, 0.25) is 0 Å². The summed E-state index contributed by atoms with van der Waals surface area (Å²) in [5, 5.41) is 0.564. The number of carbonyl (C=O) groups excluding carboxylic acids is 2. The van der Waals surface area contributed by atoms with E-state index in [4.69, 9.17) is 34.8 Å². The standard InChI is InChI=1S/C14H10Cl3NO2/c15-9-5-6-10(12(17)11(9)16)18-13(19)7-3-1-2-4-8(7)14(18)20/h5-6H,1-4H2. The van der Waals surface area contributed by atoms with Gasteiger partial charge < -0.3 is 0 Å². The van der Waals surface area contributed by atoms with Gasteiger partial charge in [0.05, 0.1) is 20.8 Å². The molecule has 0 unspecified atom stereocenters. The van der Waals surface area contributed by atoms with Crippen molar-refractivity contribution < 1.29 is 9.59 Å². The second kappa shape index (κ2) is 5.06. The highest BCUT2D eigenvalue weighted by Crippen LogP contribution is 2.42. The van der Waals surface area contributed by atoms with Crippen LogP contribution in [-0.4, -0.2) is 11.8 Å². The summed E-state index contributed by atoms with van der Waals surface area (Å²) in [4.78, 5) is 25.9. The molecule has 6 heteroatoms. The third kappa shape index (κ3) is 1.96. The van der Waals surface area contributed by atoms with Crippen molar-refractivity contribution in [1.82, 2.24) is 0 Å². The Hall–Kier alpha value is -1.03. The van der Waals surface area contributed by atoms with Crippen LogP contribution >= 0.6 is 34.8 Å². The van der Waals surface area contributed by atoms with Gasteiger partial charge in [-0.05, 0) is 37.8 Å². The lowest BCUT2D eigenvalue weighted by Crippen LogP contribution is -2.31. The molecule has 0 bridgehead atoms. The summed E-state index contributed by atoms with van der Waals surface area (Å²) < 4.78 is 0. The predicted octanol–water partition coefficient (Wildman–Crippen LogP) is 4.39. The van der Waals surface area contributed by atoms with E-state index in [0.717, 1.165) is 17.7 Å². The van der Waals surface area contributed by atoms with Crippen LogP contribution in [0.15, 0.2) is 23.3 Å². The molecule has 3 nitrogen and oxygen atoms in total. The first kappa shape index (κ1) is 13.9. The Kier molecular flexibility index (Phi) is 3.53. The number of imide groups is 1. The molecule has 1 aliphatic heterocycles. The van der Waals surface area contributed by atoms with E-state index in [1.165, 1.54) is 6.07 Å². The molecule has 1 aromatic rings. The van der Waals surface area contributed by atoms with Crippen LogP contribution < -0.4 is 4.90 Å². The summed E-state index contributed by atoms with van der Waals surface area (Å²) in [7, 11) is 0. The van der Waals surface area contributed by atoms with E-state index >= 15 is 0 Å². The molecule has 0 fully saturated rings. The van der Waals surface area contributed by atoms with Crippen molar-refractivity contribution in [2.75, 3.05) is 4.90 Å². The van der Waals surface area contributed by atoms with Crippen LogP contribution in [0, 0.1) is 0 Å². The summed E-state index contributed by atoms with van der Waals surface area (Å²) in [5.41, 5.74) is 1.53. The average molecular weight is 331 g/mol. The molecule has 2 amide bonds. The highest BCUT2D eigenvalue weighted by Gasteiger charge is 2.40. The topological polar surface area (TPSA) is 37.4 Å². The molecule has 104 valence electrons. The maximum Gasteiger partial charge on any atom is 0.261 e. The van der Waals surface area contributed by atoms with Crippen molar-refractivity contribution in [3.05, 3.63) is 38.3 Å². The monoisotopic (exact) mass is 329 g/mol. The lowest BCUT2D eigenvalue weighted by Gasteiger charge is -2.17. The zero-order chi connectivity index (χ0) is 14.4. The molecule has 1 heterocycles. The van der Waals surface area contributed by atoms with Crippen LogP contribution in [0.1, 0.15) is 25.7 Å². The van der Waals surface area contributed by atoms with Crippen LogP contribution in [0.2, 0.25) is 15.1 Å². The molecular weight excluding hydrogens is 321 g/mol. The second-order valence-electron chi connectivity index (χ2n) is 4.80. The van der Waals surface area contributed by atoms with Gasteiger partial charge in [0.15, 0.2) is 0 Å². The molecule has 1 aliphatic carbocycles. The first-order valence-electron chi connectivity index (χ1n) is 6.26. The third-order valence-corrected chi connectivity index (χ3v) is 4.93. The summed E-state index contributed by atoms with van der Waals surface area (Å²) >= 11 is 18.0. The van der Waals surface area contributed by atoms with Gasteiger partial charge in [-0.1, -0.05) is 34.8 Å². The average Bonchev–Trinajstić information content (AvgIpc) is 2.70. The maximum atomic E-state index is 12.4. The van der Waals surface area contributed by atoms with Crippen molar-refractivity contribution in [2.45, 2.75) is 25.7 Å². The van der Waals surface area contributed by atoms with Crippen LogP contribution in [0.25, 0.3) is 0 Å². The number of benzene rings is 1. The number of carbonyl (C=O) groups is 2. The van der Waals surface area contributed by atoms with E-state index in [2.05, 4.69) is 0 Å². The van der Waals surface area contributed by atoms with Crippen LogP contribution in [0.5, 0.6) is 0 Å². The smallest absolute Gasteiger partial charge is 0.261 e. The maximum absolute atomic E-state index is 12.4. The van der Waals surface area contributed by atoms with Crippen molar-refractivity contribution in [1.29, 1.82) is 0 Å². The predicted molar refractivity (Wildman–Crippen MR) is 79.5 cm³/mol. The number of hydrogen-bond donors (Lipinski definition) is 0. The molecule has 0 atom stereocenters. The molecule has 2 aliphatic rings. The van der Waals surface area contributed by atoms with Crippen LogP contribution in [-0.2, 0) is 9.59 Å². The minimum Gasteiger partial charge on any atom is -0.269 e. The van der Waals surface area contributed by atoms with E-state index in [9.17, 15) is 9.59 Å². The SMILES string of the molecule is O=C1C2=C(CCCC2)C(=O)N1c1ccc(Cl)c(Cl)c1Cl. The van der Waals surface area contributed by atoms with E-state index in [-0.39, 0.29) is 26.9 Å². The Balaban J connectivity index is 2.07. The number of hydrogen-bond acceptors (Lipinski definition) is 2. The van der Waals surface area contributed by atoms with Crippen molar-refractivity contribution in [3.63, 3.8) is 0 Å². The van der Waals surface area contributed by atoms with Crippen molar-refractivity contribution in [3.8, 4) is 0 Å². The Morgan fingerprint density at radius 3 is 1.95 bits per heavy atom. The molecule has 0 saturated heterocycles. The normalized spacial score (nSPS) is 18.9. The Morgan fingerprint density at radius 2 is 1.40 bits per heavy atom. The van der Waals surface area contributed by atoms with Gasteiger partial charge in [-0.25, -0.2) is 4.90 Å². The quantitative estimate of drug-likeness (QED) is 0.565. The van der Waals surface area contributed by atoms with E-state index in [1.807, 2.05) is 0 Å². The van der Waals surface area contributed by atoms with E-state index < -0.39 is 0 Å². The van der Waals surface area contributed by atoms with Gasteiger partial charge >= 0.3 is 0 Å². The van der Waals surface area contributed by atoms with Gasteiger partial charge in [0.1, 0.15) is 0 Å². The molecule has 0 N–H and O–H groups in total. The fourth-order valence-electron chi connectivity index (χ4n) is 2.65. The molecule has 3 rings (SSSR count). The highest BCUT2D eigenvalue weighted by molar-refractivity contribution is 6.50. The first-order valence-corrected chi connectivity index (χ1v) is 7.40. The summed E-state index contributed by atoms with van der Waals surface area (Å²) in [6.07, 6.45) is 3.16. The minimum absolute atomic E-state index is 0.126. The van der Waals surface area contributed by atoms with E-state index in [1.54, 1.807) is 6.07 Å². The van der Waals surface area contributed by atoms with Crippen LogP contribution in [0.3, 0.4) is 0 Å². The van der Waals surface area contributed by atoms with Gasteiger partial charge in [-0.15, -0.1) is 0 Å². The molecule has 1 aromatic carbocycles. The summed E-state index contributed by atoms with van der Waals surface area (Å²) in [6, 6.07) is 3.08. The first-order chi connectivity index (χ1) is 9.52. The van der Waals surface area contributed by atoms with Crippen LogP contribution in [0.4, 0.5) is 5.69 Å². The molecule has 0 saturated carbocycles. The Labute approximate surface area is 131 Å². The Morgan fingerprint density at radius 1 is 0.850 bits per heavy atom. The molecular formula is C14H10Cl3NO2. The fourth-order valence-corrected chi connectivity index (χ4v) is 3.26. The van der Waals surface area contributed by atoms with E-state index in [0.29, 0.717) is 29.7 Å². The Bertz CT molecular complexity index is 639. The number of halogens is 3. The van der Waals surface area contributed by atoms with Gasteiger partial charge in [-0.3, -0.25) is 9.59 Å². The van der Waals surface area contributed by atoms with Gasteiger partial charge in [0.25, 0.3) is 11.8 Å². The molecule has 0 spiro atoms. The van der Waals surface area contributed by atoms with Crippen molar-refractivity contribution >= 4 is 52.3 Å². The minimum atomic E-state index is -0.287. The molecule has 0 radical (unpaired) electrons. The number of anilines is 1. The summed E-state index contributed by atoms with van der Waals surface area (Å²) in [5.74, 6) is -0.574. The third-order valence-electron chi connectivity index (χ3n) is 3.65. The molecule has 20 heavy (non-hydrogen) atoms. The largest absolute Gasteiger partial charge is 0.269 e.